The first kappa shape index (κ1) is 14.8. The van der Waals surface area contributed by atoms with E-state index in [-0.39, 0.29) is 5.91 Å². The Morgan fingerprint density at radius 2 is 2.00 bits per heavy atom. The van der Waals surface area contributed by atoms with Gasteiger partial charge in [-0.2, -0.15) is 0 Å². The van der Waals surface area contributed by atoms with Crippen molar-refractivity contribution in [3.8, 4) is 11.8 Å². The van der Waals surface area contributed by atoms with E-state index in [9.17, 15) is 4.79 Å². The zero-order valence-corrected chi connectivity index (χ0v) is 11.9. The molecule has 0 aliphatic rings. The number of benzene rings is 1. The van der Waals surface area contributed by atoms with E-state index in [0.717, 1.165) is 11.3 Å². The van der Waals surface area contributed by atoms with Crippen molar-refractivity contribution < 1.29 is 4.79 Å². The van der Waals surface area contributed by atoms with Gasteiger partial charge in [-0.3, -0.25) is 4.79 Å². The largest absolute Gasteiger partial charge is 0.320 e. The smallest absolute Gasteiger partial charge is 0.276 e. The van der Waals surface area contributed by atoms with Crippen LogP contribution in [-0.4, -0.2) is 24.0 Å². The summed E-state index contributed by atoms with van der Waals surface area (Å²) in [7, 11) is 0. The van der Waals surface area contributed by atoms with Crippen LogP contribution in [0, 0.1) is 11.8 Å². The number of aromatic nitrogens is 1. The average Bonchev–Trinajstić information content (AvgIpc) is 2.55. The third kappa shape index (κ3) is 3.68. The lowest BCUT2D eigenvalue weighted by Gasteiger charge is -2.20. The molecule has 0 unspecified atom stereocenters. The molecule has 1 heterocycles. The Morgan fingerprint density at radius 3 is 2.57 bits per heavy atom. The quantitative estimate of drug-likeness (QED) is 0.875. The number of nitrogens with two attached hydrogens (primary N) is 1. The summed E-state index contributed by atoms with van der Waals surface area (Å²) in [4.78, 5) is 18.4. The van der Waals surface area contributed by atoms with Gasteiger partial charge < -0.3 is 10.6 Å². The summed E-state index contributed by atoms with van der Waals surface area (Å²) < 4.78 is 0. The molecule has 0 atom stereocenters. The van der Waals surface area contributed by atoms with Gasteiger partial charge in [-0.05, 0) is 31.2 Å². The monoisotopic (exact) mass is 279 g/mol. The predicted molar refractivity (Wildman–Crippen MR) is 84.0 cm³/mol. The van der Waals surface area contributed by atoms with E-state index in [1.54, 1.807) is 23.2 Å². The molecule has 1 aromatic carbocycles. The van der Waals surface area contributed by atoms with E-state index >= 15 is 0 Å². The third-order valence-electron chi connectivity index (χ3n) is 2.95. The third-order valence-corrected chi connectivity index (χ3v) is 2.95. The number of amides is 1. The second-order valence-electron chi connectivity index (χ2n) is 4.32. The Hall–Kier alpha value is -2.64. The van der Waals surface area contributed by atoms with Crippen LogP contribution < -0.4 is 10.6 Å². The number of para-hydroxylation sites is 1. The Bertz CT molecular complexity index is 654. The second kappa shape index (κ2) is 7.22. The lowest BCUT2D eigenvalue weighted by molar-refractivity contribution is 0.0983. The molecule has 2 rings (SSSR count). The van der Waals surface area contributed by atoms with Gasteiger partial charge >= 0.3 is 0 Å². The van der Waals surface area contributed by atoms with Gasteiger partial charge in [-0.15, -0.1) is 0 Å². The molecule has 0 saturated carbocycles. The fourth-order valence-corrected chi connectivity index (χ4v) is 1.94. The van der Waals surface area contributed by atoms with Crippen LogP contribution in [-0.2, 0) is 0 Å². The minimum Gasteiger partial charge on any atom is -0.320 e. The molecule has 0 aliphatic heterocycles. The molecule has 0 spiro atoms. The van der Waals surface area contributed by atoms with Crippen molar-refractivity contribution in [2.24, 2.45) is 5.73 Å². The normalized spacial score (nSPS) is 9.62. The fourth-order valence-electron chi connectivity index (χ4n) is 1.94. The maximum atomic E-state index is 12.5. The van der Waals surface area contributed by atoms with E-state index in [4.69, 9.17) is 5.73 Å². The first-order valence-electron chi connectivity index (χ1n) is 6.78. The Kier molecular flexibility index (Phi) is 5.08. The van der Waals surface area contributed by atoms with Gasteiger partial charge in [0.15, 0.2) is 0 Å². The second-order valence-corrected chi connectivity index (χ2v) is 4.32. The summed E-state index contributed by atoms with van der Waals surface area (Å²) in [6, 6.07) is 13.0. The van der Waals surface area contributed by atoms with E-state index < -0.39 is 0 Å². The van der Waals surface area contributed by atoms with Crippen molar-refractivity contribution in [2.75, 3.05) is 18.0 Å². The highest BCUT2D eigenvalue weighted by Gasteiger charge is 2.16. The van der Waals surface area contributed by atoms with Crippen LogP contribution in [0.4, 0.5) is 5.69 Å². The van der Waals surface area contributed by atoms with E-state index in [1.165, 1.54) is 0 Å². The molecule has 0 bridgehead atoms. The van der Waals surface area contributed by atoms with Crippen molar-refractivity contribution in [1.82, 2.24) is 4.98 Å². The average molecular weight is 279 g/mol. The molecule has 0 fully saturated rings. The zero-order chi connectivity index (χ0) is 15.1. The zero-order valence-electron chi connectivity index (χ0n) is 11.9. The van der Waals surface area contributed by atoms with Crippen LogP contribution in [0.5, 0.6) is 0 Å². The predicted octanol–water partition coefficient (Wildman–Crippen LogP) is 2.06. The van der Waals surface area contributed by atoms with Crippen molar-refractivity contribution in [3.05, 3.63) is 59.9 Å². The summed E-state index contributed by atoms with van der Waals surface area (Å²) in [5, 5.41) is 0. The molecule has 0 saturated heterocycles. The minimum atomic E-state index is -0.123. The number of carbonyl (C=O) groups is 1. The van der Waals surface area contributed by atoms with Crippen molar-refractivity contribution in [3.63, 3.8) is 0 Å². The molecule has 4 nitrogen and oxygen atoms in total. The Morgan fingerprint density at radius 1 is 1.24 bits per heavy atom. The first-order chi connectivity index (χ1) is 10.3. The summed E-state index contributed by atoms with van der Waals surface area (Å²) >= 11 is 0. The molecule has 106 valence electrons. The summed E-state index contributed by atoms with van der Waals surface area (Å²) in [6.07, 6.45) is 1.59. The lowest BCUT2D eigenvalue weighted by Crippen LogP contribution is -2.31. The maximum Gasteiger partial charge on any atom is 0.276 e. The van der Waals surface area contributed by atoms with Crippen molar-refractivity contribution >= 4 is 11.6 Å². The number of hydrogen-bond donors (Lipinski definition) is 1. The number of pyridine rings is 1. The summed E-state index contributed by atoms with van der Waals surface area (Å²) in [5.41, 5.74) is 7.33. The van der Waals surface area contributed by atoms with Gasteiger partial charge in [0.25, 0.3) is 5.91 Å². The highest BCUT2D eigenvalue weighted by molar-refractivity contribution is 6.04. The molecular weight excluding hydrogens is 262 g/mol. The number of rotatable bonds is 3. The van der Waals surface area contributed by atoms with Crippen LogP contribution in [0.2, 0.25) is 0 Å². The van der Waals surface area contributed by atoms with E-state index in [2.05, 4.69) is 16.8 Å². The topological polar surface area (TPSA) is 59.2 Å². The molecule has 2 aromatic rings. The number of anilines is 1. The van der Waals surface area contributed by atoms with Gasteiger partial charge in [0, 0.05) is 24.0 Å². The molecule has 1 aromatic heterocycles. The van der Waals surface area contributed by atoms with E-state index in [1.807, 2.05) is 37.3 Å². The van der Waals surface area contributed by atoms with Crippen LogP contribution in [0.25, 0.3) is 0 Å². The minimum absolute atomic E-state index is 0.123. The fraction of sp³-hybridized carbons (Fsp3) is 0.176. The molecular formula is C17H17N3O. The summed E-state index contributed by atoms with van der Waals surface area (Å²) in [5.74, 6) is 5.52. The Labute approximate surface area is 124 Å². The molecule has 1 amide bonds. The van der Waals surface area contributed by atoms with Gasteiger partial charge in [0.1, 0.15) is 5.69 Å². The standard InChI is InChI=1S/C17H17N3O/c1-2-20(15-8-4-3-5-9-15)17(21)16-11-10-14(13-19-16)7-6-12-18/h3-5,8-11,13H,2,12,18H2,1H3. The van der Waals surface area contributed by atoms with Crippen LogP contribution in [0.1, 0.15) is 23.0 Å². The number of carbonyl (C=O) groups excluding carboxylic acids is 1. The molecule has 2 N–H and O–H groups in total. The van der Waals surface area contributed by atoms with Crippen molar-refractivity contribution in [1.29, 1.82) is 0 Å². The first-order valence-corrected chi connectivity index (χ1v) is 6.78. The van der Waals surface area contributed by atoms with Crippen molar-refractivity contribution in [2.45, 2.75) is 6.92 Å². The van der Waals surface area contributed by atoms with Gasteiger partial charge in [-0.25, -0.2) is 4.98 Å². The SMILES string of the molecule is CCN(C(=O)c1ccc(C#CCN)cn1)c1ccccc1. The highest BCUT2D eigenvalue weighted by atomic mass is 16.2. The molecule has 0 radical (unpaired) electrons. The van der Waals surface area contributed by atoms with E-state index in [0.29, 0.717) is 18.8 Å². The maximum absolute atomic E-state index is 12.5. The molecule has 21 heavy (non-hydrogen) atoms. The van der Waals surface area contributed by atoms with Gasteiger partial charge in [0.2, 0.25) is 0 Å². The van der Waals surface area contributed by atoms with Crippen LogP contribution >= 0.6 is 0 Å². The van der Waals surface area contributed by atoms with Crippen LogP contribution in [0.15, 0.2) is 48.7 Å². The summed E-state index contributed by atoms with van der Waals surface area (Å²) in [6.45, 7) is 2.82. The molecule has 0 aliphatic carbocycles. The number of hydrogen-bond acceptors (Lipinski definition) is 3. The Balaban J connectivity index is 2.22. The number of nitrogens with zero attached hydrogens (tertiary/aromatic N) is 2. The highest BCUT2D eigenvalue weighted by Crippen LogP contribution is 2.15. The van der Waals surface area contributed by atoms with Gasteiger partial charge in [-0.1, -0.05) is 30.0 Å². The molecule has 4 heteroatoms. The van der Waals surface area contributed by atoms with Crippen LogP contribution in [0.3, 0.4) is 0 Å². The van der Waals surface area contributed by atoms with Gasteiger partial charge in [0.05, 0.1) is 6.54 Å². The lowest BCUT2D eigenvalue weighted by atomic mass is 10.2.